The molecule has 3 aromatic rings. The molecule has 1 aliphatic heterocycles. The van der Waals surface area contributed by atoms with Gasteiger partial charge in [-0.05, 0) is 38.5 Å². The fourth-order valence-corrected chi connectivity index (χ4v) is 3.60. The van der Waals surface area contributed by atoms with E-state index in [0.717, 1.165) is 53.3 Å². The van der Waals surface area contributed by atoms with Gasteiger partial charge in [0.05, 0.1) is 11.2 Å². The third kappa shape index (κ3) is 3.70. The fraction of sp³-hybridized carbons (Fsp3) is 0.381. The lowest BCUT2D eigenvalue weighted by Crippen LogP contribution is -2.30. The summed E-state index contributed by atoms with van der Waals surface area (Å²) in [6, 6.07) is 6.07. The van der Waals surface area contributed by atoms with Crippen LogP contribution in [0.15, 0.2) is 30.6 Å². The number of nitrogens with zero attached hydrogens (tertiary/aromatic N) is 6. The van der Waals surface area contributed by atoms with Gasteiger partial charge in [-0.15, -0.1) is 0 Å². The van der Waals surface area contributed by atoms with Gasteiger partial charge in [-0.1, -0.05) is 0 Å². The molecule has 1 amide bonds. The zero-order valence-corrected chi connectivity index (χ0v) is 17.2. The second-order valence-corrected chi connectivity index (χ2v) is 7.59. The maximum atomic E-state index is 12.4. The van der Waals surface area contributed by atoms with E-state index >= 15 is 0 Å². The first-order valence-corrected chi connectivity index (χ1v) is 9.72. The van der Waals surface area contributed by atoms with E-state index < -0.39 is 0 Å². The number of fused-ring (bicyclic) bond motifs is 1. The van der Waals surface area contributed by atoms with Crippen LogP contribution in [0, 0.1) is 13.8 Å². The highest BCUT2D eigenvalue weighted by Crippen LogP contribution is 2.27. The summed E-state index contributed by atoms with van der Waals surface area (Å²) in [5, 5.41) is 3.61. The number of carbonyl (C=O) groups is 1. The van der Waals surface area contributed by atoms with E-state index in [-0.39, 0.29) is 17.8 Å². The van der Waals surface area contributed by atoms with Crippen LogP contribution < -0.4 is 10.2 Å². The lowest BCUT2D eigenvalue weighted by Gasteiger charge is -2.22. The molecule has 0 aromatic carbocycles. The van der Waals surface area contributed by atoms with Gasteiger partial charge >= 0.3 is 0 Å². The monoisotopic (exact) mass is 391 g/mol. The highest BCUT2D eigenvalue weighted by Gasteiger charge is 2.27. The summed E-state index contributed by atoms with van der Waals surface area (Å²) in [5.41, 5.74) is 4.59. The molecule has 8 heteroatoms. The molecule has 1 N–H and O–H groups in total. The Hall–Kier alpha value is -3.29. The van der Waals surface area contributed by atoms with Crippen LogP contribution in [0.5, 0.6) is 0 Å². The topological polar surface area (TPSA) is 87.1 Å². The van der Waals surface area contributed by atoms with Crippen LogP contribution in [0.2, 0.25) is 0 Å². The highest BCUT2D eigenvalue weighted by atomic mass is 16.2. The quantitative estimate of drug-likeness (QED) is 0.731. The predicted molar refractivity (Wildman–Crippen MR) is 113 cm³/mol. The van der Waals surface area contributed by atoms with E-state index in [1.165, 1.54) is 4.90 Å². The number of carbonyl (C=O) groups excluding carboxylic acids is 1. The summed E-state index contributed by atoms with van der Waals surface area (Å²) in [4.78, 5) is 33.9. The van der Waals surface area contributed by atoms with Crippen LogP contribution in [-0.4, -0.2) is 64.0 Å². The van der Waals surface area contributed by atoms with Gasteiger partial charge in [0.25, 0.3) is 5.91 Å². The van der Waals surface area contributed by atoms with Crippen LogP contribution >= 0.6 is 0 Å². The van der Waals surface area contributed by atoms with Crippen molar-refractivity contribution < 1.29 is 4.79 Å². The average Bonchev–Trinajstić information content (AvgIpc) is 3.18. The molecular formula is C21H25N7O. The number of aromatic nitrogens is 4. The van der Waals surface area contributed by atoms with Crippen LogP contribution in [0.4, 0.5) is 11.5 Å². The Balaban J connectivity index is 1.56. The lowest BCUT2D eigenvalue weighted by molar-refractivity contribution is 0.0815. The van der Waals surface area contributed by atoms with Gasteiger partial charge in [-0.3, -0.25) is 14.8 Å². The van der Waals surface area contributed by atoms with Crippen molar-refractivity contribution >= 4 is 28.4 Å². The van der Waals surface area contributed by atoms with E-state index in [1.54, 1.807) is 26.5 Å². The van der Waals surface area contributed by atoms with Crippen molar-refractivity contribution in [1.29, 1.82) is 0 Å². The van der Waals surface area contributed by atoms with Crippen molar-refractivity contribution in [3.63, 3.8) is 0 Å². The normalized spacial score (nSPS) is 16.3. The van der Waals surface area contributed by atoms with E-state index in [2.05, 4.69) is 30.2 Å². The maximum absolute atomic E-state index is 12.4. The molecule has 4 heterocycles. The van der Waals surface area contributed by atoms with Crippen LogP contribution in [0.1, 0.15) is 28.3 Å². The number of anilines is 2. The van der Waals surface area contributed by atoms with Gasteiger partial charge in [-0.25, -0.2) is 9.97 Å². The molecular weight excluding hydrogens is 366 g/mol. The third-order valence-electron chi connectivity index (χ3n) is 5.30. The minimum absolute atomic E-state index is 0.183. The summed E-state index contributed by atoms with van der Waals surface area (Å²) in [6.07, 6.45) is 4.55. The van der Waals surface area contributed by atoms with E-state index in [9.17, 15) is 4.79 Å². The molecule has 1 saturated heterocycles. The fourth-order valence-electron chi connectivity index (χ4n) is 3.60. The van der Waals surface area contributed by atoms with Crippen LogP contribution in [0.3, 0.4) is 0 Å². The predicted octanol–water partition coefficient (Wildman–Crippen LogP) is 2.43. The Kier molecular flexibility index (Phi) is 5.00. The zero-order chi connectivity index (χ0) is 20.5. The van der Waals surface area contributed by atoms with Gasteiger partial charge in [-0.2, -0.15) is 0 Å². The first-order chi connectivity index (χ1) is 13.9. The summed E-state index contributed by atoms with van der Waals surface area (Å²) < 4.78 is 0. The standard InChI is InChI=1S/C21H25N7O/c1-13-14(2)24-19(21(29)27(3)4)26-20(13)28-11-8-15(12-28)25-17-7-10-22-16-6-5-9-23-18(16)17/h5-7,9-10,15H,8,11-12H2,1-4H3,(H,22,25)/t15-/m1/s1. The minimum Gasteiger partial charge on any atom is -0.379 e. The largest absolute Gasteiger partial charge is 0.379 e. The third-order valence-corrected chi connectivity index (χ3v) is 5.30. The summed E-state index contributed by atoms with van der Waals surface area (Å²) in [7, 11) is 3.42. The number of amides is 1. The average molecular weight is 391 g/mol. The summed E-state index contributed by atoms with van der Waals surface area (Å²) in [6.45, 7) is 5.59. The number of pyridine rings is 2. The number of nitrogens with one attached hydrogen (secondary N) is 1. The smallest absolute Gasteiger partial charge is 0.291 e. The first-order valence-electron chi connectivity index (χ1n) is 9.72. The van der Waals surface area contributed by atoms with E-state index in [1.807, 2.05) is 32.0 Å². The molecule has 0 unspecified atom stereocenters. The molecule has 8 nitrogen and oxygen atoms in total. The van der Waals surface area contributed by atoms with Gasteiger partial charge in [0.1, 0.15) is 11.3 Å². The van der Waals surface area contributed by atoms with Crippen molar-refractivity contribution in [2.75, 3.05) is 37.4 Å². The van der Waals surface area contributed by atoms with Gasteiger partial charge in [0.2, 0.25) is 5.82 Å². The molecule has 1 fully saturated rings. The number of aryl methyl sites for hydroxylation is 1. The van der Waals surface area contributed by atoms with Gasteiger partial charge < -0.3 is 15.1 Å². The van der Waals surface area contributed by atoms with Crippen molar-refractivity contribution in [3.8, 4) is 0 Å². The summed E-state index contributed by atoms with van der Waals surface area (Å²) in [5.74, 6) is 0.899. The second-order valence-electron chi connectivity index (χ2n) is 7.59. The highest BCUT2D eigenvalue weighted by molar-refractivity contribution is 5.90. The van der Waals surface area contributed by atoms with Crippen molar-refractivity contribution in [2.45, 2.75) is 26.3 Å². The van der Waals surface area contributed by atoms with E-state index in [0.29, 0.717) is 0 Å². The van der Waals surface area contributed by atoms with Gasteiger partial charge in [0.15, 0.2) is 0 Å². The maximum Gasteiger partial charge on any atom is 0.291 e. The SMILES string of the molecule is Cc1nc(C(=O)N(C)C)nc(N2CC[C@@H](Nc3ccnc4cccnc34)C2)c1C. The van der Waals surface area contributed by atoms with Gasteiger partial charge in [0, 0.05) is 56.9 Å². The van der Waals surface area contributed by atoms with E-state index in [4.69, 9.17) is 0 Å². The molecule has 29 heavy (non-hydrogen) atoms. The number of rotatable bonds is 4. The Labute approximate surface area is 170 Å². The van der Waals surface area contributed by atoms with Crippen LogP contribution in [0.25, 0.3) is 11.0 Å². The summed E-state index contributed by atoms with van der Waals surface area (Å²) >= 11 is 0. The van der Waals surface area contributed by atoms with Crippen molar-refractivity contribution in [1.82, 2.24) is 24.8 Å². The Morgan fingerprint density at radius 1 is 1.17 bits per heavy atom. The van der Waals surface area contributed by atoms with Crippen molar-refractivity contribution in [2.24, 2.45) is 0 Å². The molecule has 0 aliphatic carbocycles. The molecule has 1 atom stereocenters. The Bertz CT molecular complexity index is 1060. The zero-order valence-electron chi connectivity index (χ0n) is 17.2. The Morgan fingerprint density at radius 3 is 2.79 bits per heavy atom. The lowest BCUT2D eigenvalue weighted by atomic mass is 10.2. The molecule has 0 bridgehead atoms. The molecule has 4 rings (SSSR count). The second kappa shape index (κ2) is 7.62. The van der Waals surface area contributed by atoms with Crippen LogP contribution in [-0.2, 0) is 0 Å². The molecule has 0 radical (unpaired) electrons. The first kappa shape index (κ1) is 19.0. The molecule has 150 valence electrons. The minimum atomic E-state index is -0.183. The molecule has 0 spiro atoms. The number of hydrogen-bond acceptors (Lipinski definition) is 7. The van der Waals surface area contributed by atoms with Crippen molar-refractivity contribution in [3.05, 3.63) is 47.7 Å². The Morgan fingerprint density at radius 2 is 2.00 bits per heavy atom. The molecule has 0 saturated carbocycles. The molecule has 1 aliphatic rings. The number of hydrogen-bond donors (Lipinski definition) is 1. The molecule has 3 aromatic heterocycles.